The Balaban J connectivity index is 2.94. The third-order valence-corrected chi connectivity index (χ3v) is 2.89. The van der Waals surface area contributed by atoms with Crippen LogP contribution in [0.15, 0.2) is 4.52 Å². The third kappa shape index (κ3) is 3.26. The van der Waals surface area contributed by atoms with Gasteiger partial charge in [-0.3, -0.25) is 0 Å². The van der Waals surface area contributed by atoms with Gasteiger partial charge in [-0.05, 0) is 12.3 Å². The van der Waals surface area contributed by atoms with Crippen molar-refractivity contribution in [3.05, 3.63) is 11.7 Å². The molecule has 5 heteroatoms. The van der Waals surface area contributed by atoms with E-state index in [9.17, 15) is 0 Å². The van der Waals surface area contributed by atoms with Crippen molar-refractivity contribution in [2.24, 2.45) is 11.1 Å². The first-order chi connectivity index (χ1) is 7.77. The minimum absolute atomic E-state index is 0.0149. The molecule has 1 aromatic heterocycles. The molecule has 1 heterocycles. The summed E-state index contributed by atoms with van der Waals surface area (Å²) in [6.45, 7) is 10.1. The number of methoxy groups -OCH3 is 1. The Morgan fingerprint density at radius 2 is 1.88 bits per heavy atom. The van der Waals surface area contributed by atoms with Gasteiger partial charge in [0.15, 0.2) is 0 Å². The number of aromatic nitrogens is 2. The largest absolute Gasteiger partial charge is 0.373 e. The van der Waals surface area contributed by atoms with Gasteiger partial charge in [-0.15, -0.1) is 0 Å². The Morgan fingerprint density at radius 3 is 2.29 bits per heavy atom. The summed E-state index contributed by atoms with van der Waals surface area (Å²) in [7, 11) is 1.65. The Morgan fingerprint density at radius 1 is 1.29 bits per heavy atom. The molecule has 0 radical (unpaired) electrons. The molecule has 0 aromatic carbocycles. The summed E-state index contributed by atoms with van der Waals surface area (Å²) in [5.74, 6) is 1.21. The van der Waals surface area contributed by atoms with E-state index in [1.807, 2.05) is 13.8 Å². The van der Waals surface area contributed by atoms with E-state index in [1.54, 1.807) is 7.11 Å². The topological polar surface area (TPSA) is 74.2 Å². The molecule has 0 aliphatic carbocycles. The van der Waals surface area contributed by atoms with Crippen LogP contribution in [-0.4, -0.2) is 23.3 Å². The van der Waals surface area contributed by atoms with Crippen molar-refractivity contribution in [3.8, 4) is 0 Å². The van der Waals surface area contributed by atoms with Crippen molar-refractivity contribution in [2.75, 3.05) is 7.11 Å². The van der Waals surface area contributed by atoms with Crippen LogP contribution in [-0.2, 0) is 4.74 Å². The summed E-state index contributed by atoms with van der Waals surface area (Å²) in [5.41, 5.74) is 5.74. The number of nitrogens with zero attached hydrogens (tertiary/aromatic N) is 2. The monoisotopic (exact) mass is 241 g/mol. The molecule has 17 heavy (non-hydrogen) atoms. The second-order valence-electron chi connectivity index (χ2n) is 5.62. The number of ether oxygens (including phenoxy) is 1. The lowest BCUT2D eigenvalue weighted by Gasteiger charge is -2.26. The van der Waals surface area contributed by atoms with Crippen molar-refractivity contribution in [2.45, 2.75) is 52.7 Å². The van der Waals surface area contributed by atoms with Crippen LogP contribution >= 0.6 is 0 Å². The molecule has 0 aliphatic rings. The first kappa shape index (κ1) is 14.1. The summed E-state index contributed by atoms with van der Waals surface area (Å²) in [5, 5.41) is 3.99. The third-order valence-electron chi connectivity index (χ3n) is 2.89. The summed E-state index contributed by atoms with van der Waals surface area (Å²) < 4.78 is 10.7. The van der Waals surface area contributed by atoms with E-state index < -0.39 is 0 Å². The fourth-order valence-corrected chi connectivity index (χ4v) is 1.61. The molecule has 0 bridgehead atoms. The molecule has 0 amide bonds. The van der Waals surface area contributed by atoms with Crippen molar-refractivity contribution in [3.63, 3.8) is 0 Å². The molecule has 0 spiro atoms. The Kier molecular flexibility index (Phi) is 4.27. The number of rotatable bonds is 4. The maximum absolute atomic E-state index is 5.81. The van der Waals surface area contributed by atoms with Gasteiger partial charge in [0, 0.05) is 13.2 Å². The Bertz CT molecular complexity index is 355. The minimum Gasteiger partial charge on any atom is -0.373 e. The zero-order valence-corrected chi connectivity index (χ0v) is 11.5. The average molecular weight is 241 g/mol. The maximum atomic E-state index is 5.81. The van der Waals surface area contributed by atoms with Gasteiger partial charge in [0.25, 0.3) is 0 Å². The predicted octanol–water partition coefficient (Wildman–Crippen LogP) is 2.25. The summed E-state index contributed by atoms with van der Waals surface area (Å²) in [4.78, 5) is 4.39. The quantitative estimate of drug-likeness (QED) is 0.875. The SMILES string of the molecule is COC(c1noc(C(C)C(C)N)n1)C(C)(C)C. The van der Waals surface area contributed by atoms with E-state index in [0.29, 0.717) is 11.7 Å². The second kappa shape index (κ2) is 5.14. The highest BCUT2D eigenvalue weighted by Crippen LogP contribution is 2.34. The van der Waals surface area contributed by atoms with E-state index in [0.717, 1.165) is 0 Å². The van der Waals surface area contributed by atoms with Crippen LogP contribution in [0.2, 0.25) is 0 Å². The number of hydrogen-bond donors (Lipinski definition) is 1. The van der Waals surface area contributed by atoms with Crippen molar-refractivity contribution in [1.82, 2.24) is 10.1 Å². The zero-order chi connectivity index (χ0) is 13.2. The normalized spacial score (nSPS) is 17.8. The fourth-order valence-electron chi connectivity index (χ4n) is 1.61. The van der Waals surface area contributed by atoms with Gasteiger partial charge in [-0.2, -0.15) is 4.98 Å². The molecule has 98 valence electrons. The highest BCUT2D eigenvalue weighted by Gasteiger charge is 2.31. The lowest BCUT2D eigenvalue weighted by atomic mass is 9.88. The van der Waals surface area contributed by atoms with Crippen molar-refractivity contribution in [1.29, 1.82) is 0 Å². The molecule has 0 saturated heterocycles. The van der Waals surface area contributed by atoms with E-state index in [2.05, 4.69) is 30.9 Å². The molecule has 5 nitrogen and oxygen atoms in total. The van der Waals surface area contributed by atoms with E-state index in [4.69, 9.17) is 15.0 Å². The molecule has 3 unspecified atom stereocenters. The molecule has 0 fully saturated rings. The second-order valence-corrected chi connectivity index (χ2v) is 5.62. The molecule has 1 aromatic rings. The summed E-state index contributed by atoms with van der Waals surface area (Å²) in [6, 6.07) is -0.0149. The van der Waals surface area contributed by atoms with E-state index in [1.165, 1.54) is 0 Å². The molecule has 3 atom stereocenters. The van der Waals surface area contributed by atoms with Crippen molar-refractivity contribution >= 4 is 0 Å². The highest BCUT2D eigenvalue weighted by molar-refractivity contribution is 5.00. The van der Waals surface area contributed by atoms with Crippen molar-refractivity contribution < 1.29 is 9.26 Å². The van der Waals surface area contributed by atoms with Crippen LogP contribution in [0, 0.1) is 5.41 Å². The smallest absolute Gasteiger partial charge is 0.231 e. The van der Waals surface area contributed by atoms with Gasteiger partial charge >= 0.3 is 0 Å². The lowest BCUT2D eigenvalue weighted by Crippen LogP contribution is -2.23. The van der Waals surface area contributed by atoms with Gasteiger partial charge in [-0.25, -0.2) is 0 Å². The van der Waals surface area contributed by atoms with Crippen LogP contribution in [0.5, 0.6) is 0 Å². The summed E-state index contributed by atoms with van der Waals surface area (Å²) >= 11 is 0. The number of hydrogen-bond acceptors (Lipinski definition) is 5. The van der Waals surface area contributed by atoms with E-state index in [-0.39, 0.29) is 23.5 Å². The fraction of sp³-hybridized carbons (Fsp3) is 0.833. The van der Waals surface area contributed by atoms with Gasteiger partial charge in [0.05, 0.1) is 5.92 Å². The van der Waals surface area contributed by atoms with Gasteiger partial charge in [0.2, 0.25) is 11.7 Å². The zero-order valence-electron chi connectivity index (χ0n) is 11.5. The first-order valence-electron chi connectivity index (χ1n) is 5.89. The van der Waals surface area contributed by atoms with Crippen LogP contribution in [0.25, 0.3) is 0 Å². The van der Waals surface area contributed by atoms with Crippen LogP contribution in [0.1, 0.15) is 58.4 Å². The Labute approximate surface area is 103 Å². The lowest BCUT2D eigenvalue weighted by molar-refractivity contribution is 0.00718. The van der Waals surface area contributed by atoms with Crippen LogP contribution in [0.3, 0.4) is 0 Å². The molecule has 2 N–H and O–H groups in total. The van der Waals surface area contributed by atoms with Crippen LogP contribution in [0.4, 0.5) is 0 Å². The first-order valence-corrected chi connectivity index (χ1v) is 5.89. The molecule has 0 saturated carbocycles. The molecule has 0 aliphatic heterocycles. The predicted molar refractivity (Wildman–Crippen MR) is 65.6 cm³/mol. The molecular weight excluding hydrogens is 218 g/mol. The minimum atomic E-state index is -0.180. The van der Waals surface area contributed by atoms with Gasteiger partial charge in [0.1, 0.15) is 6.10 Å². The molecular formula is C12H23N3O2. The van der Waals surface area contributed by atoms with Gasteiger partial charge in [-0.1, -0.05) is 32.9 Å². The number of nitrogens with two attached hydrogens (primary N) is 1. The highest BCUT2D eigenvalue weighted by atomic mass is 16.5. The maximum Gasteiger partial charge on any atom is 0.231 e. The van der Waals surface area contributed by atoms with Crippen LogP contribution < -0.4 is 5.73 Å². The summed E-state index contributed by atoms with van der Waals surface area (Å²) in [6.07, 6.45) is -0.180. The standard InChI is InChI=1S/C12H23N3O2/c1-7(8(2)13)11-14-10(15-17-11)9(16-6)12(3,4)5/h7-9H,13H2,1-6H3. The Hall–Kier alpha value is -0.940. The van der Waals surface area contributed by atoms with E-state index >= 15 is 0 Å². The van der Waals surface area contributed by atoms with Gasteiger partial charge < -0.3 is 15.0 Å². The average Bonchev–Trinajstić information content (AvgIpc) is 2.64. The molecule has 1 rings (SSSR count).